The Morgan fingerprint density at radius 3 is 2.86 bits per heavy atom. The zero-order valence-corrected chi connectivity index (χ0v) is 17.5. The summed E-state index contributed by atoms with van der Waals surface area (Å²) in [7, 11) is 1.25. The van der Waals surface area contributed by atoms with E-state index in [1.54, 1.807) is 0 Å². The Morgan fingerprint density at radius 2 is 2.14 bits per heavy atom. The van der Waals surface area contributed by atoms with Crippen LogP contribution < -0.4 is 5.32 Å². The maximum Gasteiger partial charge on any atom is 0.338 e. The molecule has 1 aliphatic rings. The molecule has 0 spiro atoms. The number of hydrogen-bond donors (Lipinski definition) is 2. The number of hydrogen-bond acceptors (Lipinski definition) is 8. The minimum absolute atomic E-state index is 0.220. The fraction of sp³-hybridized carbons (Fsp3) is 0.550. The van der Waals surface area contributed by atoms with E-state index in [0.29, 0.717) is 30.6 Å². The van der Waals surface area contributed by atoms with Crippen LogP contribution in [0.5, 0.6) is 0 Å². The molecule has 9 heteroatoms. The molecule has 2 N–H and O–H groups in total. The highest BCUT2D eigenvalue weighted by Gasteiger charge is 2.27. The van der Waals surface area contributed by atoms with Crippen LogP contribution in [0.25, 0.3) is 0 Å². The van der Waals surface area contributed by atoms with E-state index in [0.717, 1.165) is 11.1 Å². The van der Waals surface area contributed by atoms with Crippen LogP contribution >= 0.6 is 11.8 Å². The van der Waals surface area contributed by atoms with E-state index in [9.17, 15) is 14.4 Å². The first-order chi connectivity index (χ1) is 14.0. The molecule has 1 aromatic rings. The normalized spacial score (nSPS) is 21.8. The summed E-state index contributed by atoms with van der Waals surface area (Å²) >= 11 is 1.39. The Kier molecular flexibility index (Phi) is 9.43. The van der Waals surface area contributed by atoms with Crippen LogP contribution in [-0.2, 0) is 29.6 Å². The number of benzene rings is 1. The molecule has 1 unspecified atom stereocenters. The van der Waals surface area contributed by atoms with Crippen molar-refractivity contribution in [1.82, 2.24) is 5.32 Å². The molecule has 1 aromatic carbocycles. The highest BCUT2D eigenvalue weighted by atomic mass is 32.2. The Morgan fingerprint density at radius 1 is 1.34 bits per heavy atom. The maximum atomic E-state index is 12.6. The predicted molar refractivity (Wildman–Crippen MR) is 107 cm³/mol. The molecule has 1 heterocycles. The quantitative estimate of drug-likeness (QED) is 0.554. The van der Waals surface area contributed by atoms with Crippen molar-refractivity contribution in [3.8, 4) is 0 Å². The van der Waals surface area contributed by atoms with Gasteiger partial charge in [0.2, 0.25) is 5.91 Å². The van der Waals surface area contributed by atoms with Gasteiger partial charge < -0.3 is 24.6 Å². The molecule has 0 aliphatic carbocycles. The lowest BCUT2D eigenvalue weighted by molar-refractivity contribution is -0.148. The number of nitrogens with one attached hydrogen (secondary N) is 1. The topological polar surface area (TPSA) is 111 Å². The average Bonchev–Trinajstić information content (AvgIpc) is 2.70. The summed E-state index contributed by atoms with van der Waals surface area (Å²) in [4.78, 5) is 37.2. The van der Waals surface area contributed by atoms with Crippen LogP contribution in [0.2, 0.25) is 0 Å². The molecule has 0 fully saturated rings. The fourth-order valence-electron chi connectivity index (χ4n) is 3.05. The first kappa shape index (κ1) is 23.2. The number of fused-ring (bicyclic) bond motifs is 1. The van der Waals surface area contributed by atoms with Crippen LogP contribution in [0.4, 0.5) is 0 Å². The predicted octanol–water partition coefficient (Wildman–Crippen LogP) is 1.56. The number of aliphatic hydroxyl groups excluding tert-OH is 1. The number of amides is 1. The third kappa shape index (κ3) is 6.73. The summed E-state index contributed by atoms with van der Waals surface area (Å²) in [5, 5.41) is 11.7. The Labute approximate surface area is 174 Å². The van der Waals surface area contributed by atoms with Gasteiger partial charge in [0.15, 0.2) is 0 Å². The maximum absolute atomic E-state index is 12.6. The first-order valence-electron chi connectivity index (χ1n) is 9.42. The molecule has 160 valence electrons. The van der Waals surface area contributed by atoms with Crippen molar-refractivity contribution >= 4 is 29.6 Å². The molecule has 0 aromatic heterocycles. The van der Waals surface area contributed by atoms with Gasteiger partial charge in [-0.25, -0.2) is 9.59 Å². The fourth-order valence-corrected chi connectivity index (χ4v) is 4.09. The van der Waals surface area contributed by atoms with Gasteiger partial charge in [0.25, 0.3) is 0 Å². The van der Waals surface area contributed by atoms with Gasteiger partial charge in [0.1, 0.15) is 18.9 Å². The minimum Gasteiger partial charge on any atom is -0.467 e. The van der Waals surface area contributed by atoms with Gasteiger partial charge in [-0.05, 0) is 37.3 Å². The minimum atomic E-state index is -0.905. The number of esters is 2. The SMILES string of the molecule is COC(=O)C1CSCc2cccc(C)c2C(=O)OCCCC[C@@H](OCO)C(=O)N1. The molecule has 2 rings (SSSR count). The Bertz CT molecular complexity index is 725. The van der Waals surface area contributed by atoms with Crippen molar-refractivity contribution < 1.29 is 33.7 Å². The van der Waals surface area contributed by atoms with Crippen LogP contribution in [0, 0.1) is 6.92 Å². The van der Waals surface area contributed by atoms with E-state index in [4.69, 9.17) is 19.3 Å². The van der Waals surface area contributed by atoms with Gasteiger partial charge in [-0.2, -0.15) is 11.8 Å². The standard InChI is InChI=1S/C20H27NO7S/c1-13-6-5-7-14-10-29-11-15(19(24)26-2)21-18(23)16(28-12-22)8-3-4-9-27-20(25)17(13)14/h5-7,15-16,22H,3-4,8-12H2,1-2H3,(H,21,23)/t15?,16-/m1/s1. The lowest BCUT2D eigenvalue weighted by Gasteiger charge is -2.21. The number of ether oxygens (including phenoxy) is 3. The number of carbonyl (C=O) groups excluding carboxylic acids is 3. The molecular weight excluding hydrogens is 398 g/mol. The molecule has 0 bridgehead atoms. The molecule has 1 aliphatic heterocycles. The molecule has 0 saturated carbocycles. The lowest BCUT2D eigenvalue weighted by atomic mass is 10.0. The molecule has 1 amide bonds. The van der Waals surface area contributed by atoms with E-state index in [1.807, 2.05) is 25.1 Å². The van der Waals surface area contributed by atoms with Gasteiger partial charge in [-0.1, -0.05) is 18.2 Å². The Balaban J connectivity index is 2.23. The number of aryl methyl sites for hydroxylation is 1. The summed E-state index contributed by atoms with van der Waals surface area (Å²) in [6.45, 7) is 1.46. The van der Waals surface area contributed by atoms with Gasteiger partial charge >= 0.3 is 11.9 Å². The third-order valence-electron chi connectivity index (χ3n) is 4.57. The van der Waals surface area contributed by atoms with Crippen molar-refractivity contribution in [1.29, 1.82) is 0 Å². The second kappa shape index (κ2) is 11.8. The van der Waals surface area contributed by atoms with Crippen LogP contribution in [-0.4, -0.2) is 61.4 Å². The molecule has 0 radical (unpaired) electrons. The summed E-state index contributed by atoms with van der Waals surface area (Å²) in [6.07, 6.45) is 0.503. The van der Waals surface area contributed by atoms with Crippen molar-refractivity contribution in [2.24, 2.45) is 0 Å². The van der Waals surface area contributed by atoms with Crippen LogP contribution in [0.1, 0.15) is 40.7 Å². The first-order valence-corrected chi connectivity index (χ1v) is 10.6. The third-order valence-corrected chi connectivity index (χ3v) is 5.65. The number of aliphatic hydroxyl groups is 1. The van der Waals surface area contributed by atoms with E-state index in [2.05, 4.69) is 5.32 Å². The smallest absolute Gasteiger partial charge is 0.338 e. The van der Waals surface area contributed by atoms with Gasteiger partial charge in [0.05, 0.1) is 19.3 Å². The molecule has 29 heavy (non-hydrogen) atoms. The van der Waals surface area contributed by atoms with E-state index in [-0.39, 0.29) is 18.3 Å². The lowest BCUT2D eigenvalue weighted by Crippen LogP contribution is -2.48. The number of carbonyl (C=O) groups is 3. The second-order valence-corrected chi connectivity index (χ2v) is 7.65. The summed E-state index contributed by atoms with van der Waals surface area (Å²) in [5.41, 5.74) is 2.17. The average molecular weight is 426 g/mol. The highest BCUT2D eigenvalue weighted by Crippen LogP contribution is 2.22. The monoisotopic (exact) mass is 425 g/mol. The van der Waals surface area contributed by atoms with Crippen LogP contribution in [0.3, 0.4) is 0 Å². The van der Waals surface area contributed by atoms with Gasteiger partial charge in [-0.15, -0.1) is 0 Å². The van der Waals surface area contributed by atoms with Crippen molar-refractivity contribution in [2.45, 2.75) is 44.1 Å². The molecule has 2 atom stereocenters. The van der Waals surface area contributed by atoms with Crippen molar-refractivity contribution in [3.05, 3.63) is 34.9 Å². The second-order valence-electron chi connectivity index (χ2n) is 6.62. The zero-order valence-electron chi connectivity index (χ0n) is 16.6. The van der Waals surface area contributed by atoms with Crippen molar-refractivity contribution in [3.63, 3.8) is 0 Å². The number of rotatable bonds is 3. The van der Waals surface area contributed by atoms with Crippen molar-refractivity contribution in [2.75, 3.05) is 26.3 Å². The Hall–Kier alpha value is -2.10. The van der Waals surface area contributed by atoms with Gasteiger partial charge in [0, 0.05) is 11.5 Å². The zero-order chi connectivity index (χ0) is 21.2. The number of thioether (sulfide) groups is 1. The van der Waals surface area contributed by atoms with E-state index >= 15 is 0 Å². The van der Waals surface area contributed by atoms with E-state index in [1.165, 1.54) is 18.9 Å². The molecule has 0 saturated heterocycles. The molecule has 8 nitrogen and oxygen atoms in total. The summed E-state index contributed by atoms with van der Waals surface area (Å²) < 4.78 is 15.3. The van der Waals surface area contributed by atoms with Gasteiger partial charge in [-0.3, -0.25) is 4.79 Å². The van der Waals surface area contributed by atoms with E-state index < -0.39 is 30.8 Å². The largest absolute Gasteiger partial charge is 0.467 e. The number of methoxy groups -OCH3 is 1. The summed E-state index contributed by atoms with van der Waals surface area (Å²) in [5.74, 6) is -0.714. The molecular formula is C20H27NO7S. The highest BCUT2D eigenvalue weighted by molar-refractivity contribution is 7.98. The number of cyclic esters (lactones) is 1. The summed E-state index contributed by atoms with van der Waals surface area (Å²) in [6, 6.07) is 4.71. The van der Waals surface area contributed by atoms with Crippen LogP contribution in [0.15, 0.2) is 18.2 Å².